The number of aryl methyl sites for hydroxylation is 1. The van der Waals surface area contributed by atoms with E-state index in [2.05, 4.69) is 15.7 Å². The molecule has 2 aliphatic rings. The molecule has 0 spiro atoms. The summed E-state index contributed by atoms with van der Waals surface area (Å²) >= 11 is 0. The third-order valence-corrected chi connectivity index (χ3v) is 5.06. The molecule has 2 fully saturated rings. The first-order chi connectivity index (χ1) is 12.8. The molecule has 0 aliphatic heterocycles. The Morgan fingerprint density at radius 2 is 1.93 bits per heavy atom. The maximum absolute atomic E-state index is 13.5. The molecule has 1 aromatic heterocycles. The van der Waals surface area contributed by atoms with E-state index in [0.29, 0.717) is 11.5 Å². The van der Waals surface area contributed by atoms with E-state index in [4.69, 9.17) is 0 Å². The number of halogens is 3. The van der Waals surface area contributed by atoms with Crippen LogP contribution in [0.1, 0.15) is 35.3 Å². The fraction of sp³-hybridized carbons (Fsp3) is 0.474. The Bertz CT molecular complexity index is 843. The van der Waals surface area contributed by atoms with E-state index in [9.17, 15) is 18.0 Å². The van der Waals surface area contributed by atoms with Crippen LogP contribution in [0.15, 0.2) is 30.3 Å². The third-order valence-electron chi connectivity index (χ3n) is 5.06. The standard InChI is InChI=1S/C19H21F3N4O/c1-26-16(12-5-3-2-4-6-12)15(17(25-26)19(20,21)22)18(27)24-14-9-13(14)23-10-11-7-8-11/h2-6,11,13-14,23H,7-10H2,1H3,(H,24,27)/t13-,14-/m1/s1. The van der Waals surface area contributed by atoms with Crippen LogP contribution in [-0.4, -0.2) is 34.3 Å². The Hall–Kier alpha value is -2.35. The van der Waals surface area contributed by atoms with Gasteiger partial charge in [0.1, 0.15) is 0 Å². The molecule has 0 bridgehead atoms. The first kappa shape index (κ1) is 18.0. The molecule has 2 N–H and O–H groups in total. The number of hydrogen-bond donors (Lipinski definition) is 2. The molecule has 4 rings (SSSR count). The number of nitrogens with zero attached hydrogens (tertiary/aromatic N) is 2. The number of rotatable bonds is 6. The van der Waals surface area contributed by atoms with E-state index >= 15 is 0 Å². The van der Waals surface area contributed by atoms with Crippen LogP contribution in [-0.2, 0) is 13.2 Å². The first-order valence-electron chi connectivity index (χ1n) is 9.08. The van der Waals surface area contributed by atoms with Gasteiger partial charge in [-0.15, -0.1) is 0 Å². The lowest BCUT2D eigenvalue weighted by atomic mass is 10.0. The second-order valence-corrected chi connectivity index (χ2v) is 7.33. The van der Waals surface area contributed by atoms with Crippen LogP contribution < -0.4 is 10.6 Å². The van der Waals surface area contributed by atoms with Crippen molar-refractivity contribution < 1.29 is 18.0 Å². The molecule has 0 unspecified atom stereocenters. The average Bonchev–Trinajstić information content (AvgIpc) is 3.52. The molecule has 5 nitrogen and oxygen atoms in total. The fourth-order valence-corrected chi connectivity index (χ4v) is 3.33. The van der Waals surface area contributed by atoms with Crippen LogP contribution in [0.5, 0.6) is 0 Å². The maximum Gasteiger partial charge on any atom is 0.435 e. The molecular weight excluding hydrogens is 357 g/mol. The highest BCUT2D eigenvalue weighted by atomic mass is 19.4. The van der Waals surface area contributed by atoms with Crippen molar-refractivity contribution in [1.82, 2.24) is 20.4 Å². The second-order valence-electron chi connectivity index (χ2n) is 7.33. The van der Waals surface area contributed by atoms with Crippen molar-refractivity contribution in [3.63, 3.8) is 0 Å². The van der Waals surface area contributed by atoms with E-state index in [1.165, 1.54) is 19.9 Å². The van der Waals surface area contributed by atoms with Crippen molar-refractivity contribution in [2.24, 2.45) is 13.0 Å². The summed E-state index contributed by atoms with van der Waals surface area (Å²) in [6, 6.07) is 8.55. The smallest absolute Gasteiger partial charge is 0.348 e. The Balaban J connectivity index is 1.59. The highest BCUT2D eigenvalue weighted by Gasteiger charge is 2.44. The zero-order valence-corrected chi connectivity index (χ0v) is 14.9. The molecule has 2 aliphatic carbocycles. The molecule has 27 heavy (non-hydrogen) atoms. The molecule has 1 heterocycles. The number of benzene rings is 1. The summed E-state index contributed by atoms with van der Waals surface area (Å²) in [5.74, 6) is -0.0169. The predicted octanol–water partition coefficient (Wildman–Crippen LogP) is 2.98. The number of amides is 1. The van der Waals surface area contributed by atoms with Gasteiger partial charge in [0, 0.05) is 24.7 Å². The van der Waals surface area contributed by atoms with Crippen molar-refractivity contribution in [3.05, 3.63) is 41.6 Å². The molecule has 2 aromatic rings. The lowest BCUT2D eigenvalue weighted by Gasteiger charge is -2.10. The zero-order chi connectivity index (χ0) is 19.2. The molecule has 1 amide bonds. The predicted molar refractivity (Wildman–Crippen MR) is 94.0 cm³/mol. The highest BCUT2D eigenvalue weighted by Crippen LogP contribution is 2.37. The lowest BCUT2D eigenvalue weighted by Crippen LogP contribution is -2.33. The van der Waals surface area contributed by atoms with E-state index in [1.807, 2.05) is 0 Å². The van der Waals surface area contributed by atoms with Gasteiger partial charge in [-0.05, 0) is 31.7 Å². The Morgan fingerprint density at radius 1 is 1.22 bits per heavy atom. The Labute approximate surface area is 154 Å². The zero-order valence-electron chi connectivity index (χ0n) is 14.9. The van der Waals surface area contributed by atoms with Crippen molar-refractivity contribution >= 4 is 5.91 Å². The Kier molecular flexibility index (Phi) is 4.46. The minimum absolute atomic E-state index is 0.138. The van der Waals surface area contributed by atoms with Crippen LogP contribution in [0.2, 0.25) is 0 Å². The van der Waals surface area contributed by atoms with Crippen molar-refractivity contribution in [1.29, 1.82) is 0 Å². The fourth-order valence-electron chi connectivity index (χ4n) is 3.33. The van der Waals surface area contributed by atoms with Crippen LogP contribution in [0, 0.1) is 5.92 Å². The van der Waals surface area contributed by atoms with Gasteiger partial charge in [0.05, 0.1) is 11.3 Å². The van der Waals surface area contributed by atoms with Crippen molar-refractivity contribution in [2.75, 3.05) is 6.54 Å². The number of hydrogen-bond acceptors (Lipinski definition) is 3. The van der Waals surface area contributed by atoms with Gasteiger partial charge in [-0.1, -0.05) is 30.3 Å². The van der Waals surface area contributed by atoms with Gasteiger partial charge in [0.2, 0.25) is 0 Å². The minimum atomic E-state index is -4.70. The topological polar surface area (TPSA) is 59.0 Å². The molecule has 2 atom stereocenters. The summed E-state index contributed by atoms with van der Waals surface area (Å²) in [4.78, 5) is 12.8. The maximum atomic E-state index is 13.5. The summed E-state index contributed by atoms with van der Waals surface area (Å²) < 4.78 is 41.6. The summed E-state index contributed by atoms with van der Waals surface area (Å²) in [5.41, 5.74) is -0.871. The SMILES string of the molecule is Cn1nc(C(F)(F)F)c(C(=O)N[C@@H]2C[C@H]2NCC2CC2)c1-c1ccccc1. The second kappa shape index (κ2) is 6.67. The largest absolute Gasteiger partial charge is 0.435 e. The van der Waals surface area contributed by atoms with Gasteiger partial charge in [0.15, 0.2) is 5.69 Å². The summed E-state index contributed by atoms with van der Waals surface area (Å²) in [6.07, 6.45) is -1.52. The first-order valence-corrected chi connectivity index (χ1v) is 9.08. The minimum Gasteiger partial charge on any atom is -0.348 e. The molecule has 144 valence electrons. The number of aromatic nitrogens is 2. The Morgan fingerprint density at radius 3 is 2.56 bits per heavy atom. The number of nitrogens with one attached hydrogen (secondary N) is 2. The summed E-state index contributed by atoms with van der Waals surface area (Å²) in [6.45, 7) is 0.910. The summed E-state index contributed by atoms with van der Waals surface area (Å²) in [7, 11) is 1.42. The van der Waals surface area contributed by atoms with Gasteiger partial charge in [-0.2, -0.15) is 18.3 Å². The molecule has 0 saturated heterocycles. The van der Waals surface area contributed by atoms with E-state index in [0.717, 1.165) is 17.6 Å². The van der Waals surface area contributed by atoms with Crippen molar-refractivity contribution in [3.8, 4) is 11.3 Å². The highest BCUT2D eigenvalue weighted by molar-refractivity contribution is 6.01. The van der Waals surface area contributed by atoms with Crippen LogP contribution in [0.25, 0.3) is 11.3 Å². The van der Waals surface area contributed by atoms with E-state index < -0.39 is 23.3 Å². The van der Waals surface area contributed by atoms with Crippen LogP contribution in [0.4, 0.5) is 13.2 Å². The van der Waals surface area contributed by atoms with Gasteiger partial charge in [-0.25, -0.2) is 0 Å². The molecule has 0 radical (unpaired) electrons. The number of carbonyl (C=O) groups excluding carboxylic acids is 1. The molecule has 2 saturated carbocycles. The monoisotopic (exact) mass is 378 g/mol. The van der Waals surface area contributed by atoms with Gasteiger partial charge >= 0.3 is 6.18 Å². The summed E-state index contributed by atoms with van der Waals surface area (Å²) in [5, 5.41) is 9.72. The van der Waals surface area contributed by atoms with Crippen LogP contribution >= 0.6 is 0 Å². The average molecular weight is 378 g/mol. The van der Waals surface area contributed by atoms with Gasteiger partial charge in [-0.3, -0.25) is 9.48 Å². The van der Waals surface area contributed by atoms with Gasteiger partial charge in [0.25, 0.3) is 5.91 Å². The number of alkyl halides is 3. The molecule has 1 aromatic carbocycles. The molecular formula is C19H21F3N4O. The number of carbonyl (C=O) groups is 1. The lowest BCUT2D eigenvalue weighted by molar-refractivity contribution is -0.141. The third kappa shape index (κ3) is 3.85. The van der Waals surface area contributed by atoms with Gasteiger partial charge < -0.3 is 10.6 Å². The van der Waals surface area contributed by atoms with E-state index in [1.54, 1.807) is 30.3 Å². The van der Waals surface area contributed by atoms with E-state index in [-0.39, 0.29) is 17.8 Å². The van der Waals surface area contributed by atoms with Crippen molar-refractivity contribution in [2.45, 2.75) is 37.5 Å². The van der Waals surface area contributed by atoms with Crippen LogP contribution in [0.3, 0.4) is 0 Å². The molecule has 8 heteroatoms. The normalized spacial score (nSPS) is 21.9. The quantitative estimate of drug-likeness (QED) is 0.813.